The molecule has 3 rings (SSSR count). The molecule has 1 amide bonds. The highest BCUT2D eigenvalue weighted by Gasteiger charge is 2.34. The molecule has 2 heterocycles. The second kappa shape index (κ2) is 6.40. The van der Waals surface area contributed by atoms with E-state index in [9.17, 15) is 9.90 Å². The number of rotatable bonds is 4. The summed E-state index contributed by atoms with van der Waals surface area (Å²) in [5.74, 6) is 0.907. The number of carbonyl (C=O) groups is 1. The zero-order chi connectivity index (χ0) is 15.5. The maximum atomic E-state index is 12.5. The summed E-state index contributed by atoms with van der Waals surface area (Å²) in [7, 11) is 0. The number of hydrogen-bond acceptors (Lipinski definition) is 4. The molecule has 1 aromatic rings. The summed E-state index contributed by atoms with van der Waals surface area (Å²) in [6.07, 6.45) is 2.49. The highest BCUT2D eigenvalue weighted by atomic mass is 16.6. The van der Waals surface area contributed by atoms with E-state index < -0.39 is 12.0 Å². The van der Waals surface area contributed by atoms with Crippen molar-refractivity contribution < 1.29 is 19.4 Å². The van der Waals surface area contributed by atoms with E-state index >= 15 is 0 Å². The Balaban J connectivity index is 1.79. The van der Waals surface area contributed by atoms with Gasteiger partial charge in [0.05, 0.1) is 12.0 Å². The summed E-state index contributed by atoms with van der Waals surface area (Å²) in [5.41, 5.74) is 0.697. The average Bonchev–Trinajstić information content (AvgIpc) is 2.56. The van der Waals surface area contributed by atoms with Gasteiger partial charge in [-0.05, 0) is 30.5 Å². The largest absolute Gasteiger partial charge is 0.486 e. The fourth-order valence-corrected chi connectivity index (χ4v) is 3.08. The summed E-state index contributed by atoms with van der Waals surface area (Å²) in [6, 6.07) is 5.37. The molecule has 0 unspecified atom stereocenters. The molecule has 2 atom stereocenters. The minimum absolute atomic E-state index is 0.00598. The van der Waals surface area contributed by atoms with Crippen molar-refractivity contribution in [2.75, 3.05) is 26.3 Å². The van der Waals surface area contributed by atoms with E-state index in [0.717, 1.165) is 13.0 Å². The van der Waals surface area contributed by atoms with E-state index in [1.54, 1.807) is 29.2 Å². The zero-order valence-corrected chi connectivity index (χ0v) is 12.5. The SMILES string of the molecule is C=CCN1CCC[C@H]([C@@H](O)c2ccc3c(c2)OCCO3)C1=O. The molecule has 0 aromatic heterocycles. The molecule has 0 saturated carbocycles. The number of aliphatic hydroxyl groups is 1. The molecule has 1 saturated heterocycles. The summed E-state index contributed by atoms with van der Waals surface area (Å²) in [6.45, 7) is 5.98. The predicted molar refractivity (Wildman–Crippen MR) is 81.9 cm³/mol. The van der Waals surface area contributed by atoms with Crippen LogP contribution < -0.4 is 9.47 Å². The lowest BCUT2D eigenvalue weighted by atomic mass is 9.87. The first-order valence-corrected chi connectivity index (χ1v) is 7.68. The average molecular weight is 303 g/mol. The van der Waals surface area contributed by atoms with Gasteiger partial charge in [-0.2, -0.15) is 0 Å². The minimum Gasteiger partial charge on any atom is -0.486 e. The van der Waals surface area contributed by atoms with Crippen molar-refractivity contribution in [3.05, 3.63) is 36.4 Å². The molecule has 0 aliphatic carbocycles. The Kier molecular flexibility index (Phi) is 4.34. The van der Waals surface area contributed by atoms with E-state index in [-0.39, 0.29) is 5.91 Å². The number of fused-ring (bicyclic) bond motifs is 1. The van der Waals surface area contributed by atoms with Crippen LogP contribution in [0.2, 0.25) is 0 Å². The molecule has 118 valence electrons. The third-order valence-corrected chi connectivity index (χ3v) is 4.21. The van der Waals surface area contributed by atoms with Crippen LogP contribution in [-0.4, -0.2) is 42.2 Å². The Morgan fingerprint density at radius 1 is 1.36 bits per heavy atom. The van der Waals surface area contributed by atoms with Gasteiger partial charge in [-0.3, -0.25) is 4.79 Å². The molecule has 1 aromatic carbocycles. The highest BCUT2D eigenvalue weighted by Crippen LogP contribution is 2.36. The number of benzene rings is 1. The van der Waals surface area contributed by atoms with Crippen LogP contribution in [0.3, 0.4) is 0 Å². The van der Waals surface area contributed by atoms with Crippen LogP contribution in [0.1, 0.15) is 24.5 Å². The van der Waals surface area contributed by atoms with Gasteiger partial charge in [-0.1, -0.05) is 12.1 Å². The molecule has 0 spiro atoms. The Bertz CT molecular complexity index is 572. The number of nitrogens with zero attached hydrogens (tertiary/aromatic N) is 1. The summed E-state index contributed by atoms with van der Waals surface area (Å²) < 4.78 is 11.0. The van der Waals surface area contributed by atoms with Crippen LogP contribution in [0.15, 0.2) is 30.9 Å². The molecule has 5 heteroatoms. The summed E-state index contributed by atoms with van der Waals surface area (Å²) in [4.78, 5) is 14.2. The topological polar surface area (TPSA) is 59.0 Å². The Hall–Kier alpha value is -2.01. The second-order valence-corrected chi connectivity index (χ2v) is 5.67. The number of ether oxygens (including phenoxy) is 2. The molecular weight excluding hydrogens is 282 g/mol. The Labute approximate surface area is 130 Å². The summed E-state index contributed by atoms with van der Waals surface area (Å²) >= 11 is 0. The van der Waals surface area contributed by atoms with E-state index in [2.05, 4.69) is 6.58 Å². The molecule has 0 radical (unpaired) electrons. The van der Waals surface area contributed by atoms with Crippen LogP contribution in [0.4, 0.5) is 0 Å². The van der Waals surface area contributed by atoms with Crippen molar-refractivity contribution in [1.82, 2.24) is 4.90 Å². The quantitative estimate of drug-likeness (QED) is 0.863. The van der Waals surface area contributed by atoms with Gasteiger partial charge in [0.15, 0.2) is 11.5 Å². The first-order chi connectivity index (χ1) is 10.7. The molecule has 5 nitrogen and oxygen atoms in total. The van der Waals surface area contributed by atoms with Crippen molar-refractivity contribution in [2.24, 2.45) is 5.92 Å². The Morgan fingerprint density at radius 2 is 2.14 bits per heavy atom. The van der Waals surface area contributed by atoms with Crippen LogP contribution in [-0.2, 0) is 4.79 Å². The van der Waals surface area contributed by atoms with Gasteiger partial charge >= 0.3 is 0 Å². The van der Waals surface area contributed by atoms with E-state index in [1.165, 1.54) is 0 Å². The van der Waals surface area contributed by atoms with Gasteiger partial charge in [0.1, 0.15) is 13.2 Å². The van der Waals surface area contributed by atoms with Crippen molar-refractivity contribution >= 4 is 5.91 Å². The standard InChI is InChI=1S/C17H21NO4/c1-2-7-18-8-3-4-13(17(18)20)16(19)12-5-6-14-15(11-12)22-10-9-21-14/h2,5-6,11,13,16,19H,1,3-4,7-10H2/t13-,16+/m1/s1. The molecule has 2 aliphatic heterocycles. The predicted octanol–water partition coefficient (Wildman–Crippen LogP) is 1.92. The molecule has 1 fully saturated rings. The lowest BCUT2D eigenvalue weighted by molar-refractivity contribution is -0.142. The number of likely N-dealkylation sites (tertiary alicyclic amines) is 1. The van der Waals surface area contributed by atoms with Gasteiger partial charge in [-0.15, -0.1) is 6.58 Å². The number of aliphatic hydroxyl groups excluding tert-OH is 1. The van der Waals surface area contributed by atoms with E-state index in [1.807, 2.05) is 0 Å². The zero-order valence-electron chi connectivity index (χ0n) is 12.5. The third kappa shape index (κ3) is 2.81. The fourth-order valence-electron chi connectivity index (χ4n) is 3.08. The van der Waals surface area contributed by atoms with Crippen molar-refractivity contribution in [1.29, 1.82) is 0 Å². The van der Waals surface area contributed by atoms with Crippen molar-refractivity contribution in [3.63, 3.8) is 0 Å². The maximum absolute atomic E-state index is 12.5. The van der Waals surface area contributed by atoms with Crippen LogP contribution in [0.5, 0.6) is 11.5 Å². The summed E-state index contributed by atoms with van der Waals surface area (Å²) in [5, 5.41) is 10.6. The molecule has 22 heavy (non-hydrogen) atoms. The monoisotopic (exact) mass is 303 g/mol. The number of hydrogen-bond donors (Lipinski definition) is 1. The molecular formula is C17H21NO4. The first-order valence-electron chi connectivity index (χ1n) is 7.68. The van der Waals surface area contributed by atoms with E-state index in [4.69, 9.17) is 9.47 Å². The maximum Gasteiger partial charge on any atom is 0.228 e. The second-order valence-electron chi connectivity index (χ2n) is 5.67. The Morgan fingerprint density at radius 3 is 2.91 bits per heavy atom. The lowest BCUT2D eigenvalue weighted by Crippen LogP contribution is -2.43. The fraction of sp³-hybridized carbons (Fsp3) is 0.471. The third-order valence-electron chi connectivity index (χ3n) is 4.21. The molecule has 0 bridgehead atoms. The smallest absolute Gasteiger partial charge is 0.228 e. The normalized spacial score (nSPS) is 22.3. The minimum atomic E-state index is -0.823. The van der Waals surface area contributed by atoms with Crippen LogP contribution in [0, 0.1) is 5.92 Å². The van der Waals surface area contributed by atoms with Gasteiger partial charge in [-0.25, -0.2) is 0 Å². The number of carbonyl (C=O) groups excluding carboxylic acids is 1. The first kappa shape index (κ1) is 14.9. The molecule has 1 N–H and O–H groups in total. The lowest BCUT2D eigenvalue weighted by Gasteiger charge is -2.34. The van der Waals surface area contributed by atoms with Crippen molar-refractivity contribution in [3.8, 4) is 11.5 Å². The molecule has 2 aliphatic rings. The highest BCUT2D eigenvalue weighted by molar-refractivity contribution is 5.80. The van der Waals surface area contributed by atoms with Gasteiger partial charge < -0.3 is 19.5 Å². The van der Waals surface area contributed by atoms with Gasteiger partial charge in [0, 0.05) is 13.1 Å². The van der Waals surface area contributed by atoms with Crippen LogP contribution >= 0.6 is 0 Å². The van der Waals surface area contributed by atoms with E-state index in [0.29, 0.717) is 43.2 Å². The van der Waals surface area contributed by atoms with Crippen molar-refractivity contribution in [2.45, 2.75) is 18.9 Å². The van der Waals surface area contributed by atoms with Gasteiger partial charge in [0.2, 0.25) is 5.91 Å². The number of amides is 1. The van der Waals surface area contributed by atoms with Gasteiger partial charge in [0.25, 0.3) is 0 Å². The van der Waals surface area contributed by atoms with Crippen LogP contribution in [0.25, 0.3) is 0 Å². The number of piperidine rings is 1.